The molecule has 5 heteroatoms. The quantitative estimate of drug-likeness (QED) is 0.886. The molecule has 3 nitrogen and oxygen atoms in total. The number of carbonyl (C=O) groups excluding carboxylic acids is 1. The van der Waals surface area contributed by atoms with E-state index in [1.807, 2.05) is 36.4 Å². The molecule has 0 aliphatic rings. The third-order valence-electron chi connectivity index (χ3n) is 2.85. The second-order valence-electron chi connectivity index (χ2n) is 4.41. The van der Waals surface area contributed by atoms with Gasteiger partial charge in [-0.15, -0.1) is 0 Å². The van der Waals surface area contributed by atoms with E-state index < -0.39 is 0 Å². The van der Waals surface area contributed by atoms with Crippen LogP contribution >= 0.6 is 23.2 Å². The minimum atomic E-state index is -0.337. The van der Waals surface area contributed by atoms with Gasteiger partial charge in [0.25, 0.3) is 0 Å². The highest BCUT2D eigenvalue weighted by molar-refractivity contribution is 6.42. The molecule has 0 radical (unpaired) electrons. The molecule has 0 unspecified atom stereocenters. The number of anilines is 1. The predicted molar refractivity (Wildman–Crippen MR) is 83.1 cm³/mol. The van der Waals surface area contributed by atoms with Crippen molar-refractivity contribution in [2.45, 2.75) is 13.0 Å². The van der Waals surface area contributed by atoms with Crippen LogP contribution in [0.15, 0.2) is 42.5 Å². The van der Waals surface area contributed by atoms with E-state index in [2.05, 4.69) is 5.32 Å². The lowest BCUT2D eigenvalue weighted by Gasteiger charge is -2.09. The van der Waals surface area contributed by atoms with Crippen LogP contribution in [0.3, 0.4) is 0 Å². The van der Waals surface area contributed by atoms with Crippen molar-refractivity contribution < 1.29 is 4.79 Å². The molecule has 104 valence electrons. The Labute approximate surface area is 127 Å². The van der Waals surface area contributed by atoms with Gasteiger partial charge >= 0.3 is 0 Å². The van der Waals surface area contributed by atoms with E-state index in [9.17, 15) is 4.79 Å². The van der Waals surface area contributed by atoms with Crippen molar-refractivity contribution in [2.24, 2.45) is 5.73 Å². The van der Waals surface area contributed by atoms with Crippen LogP contribution < -0.4 is 11.1 Å². The molecule has 0 fully saturated rings. The lowest BCUT2D eigenvalue weighted by Crippen LogP contribution is -2.13. The van der Waals surface area contributed by atoms with Gasteiger partial charge in [-0.3, -0.25) is 4.79 Å². The molecule has 0 atom stereocenters. The summed E-state index contributed by atoms with van der Waals surface area (Å²) in [5, 5.41) is 4.36. The molecular formula is C15H14Cl2N2O. The number of amides is 1. The molecule has 1 amide bonds. The molecule has 20 heavy (non-hydrogen) atoms. The fourth-order valence-corrected chi connectivity index (χ4v) is 2.21. The first-order valence-electron chi connectivity index (χ1n) is 6.10. The standard InChI is InChI=1S/C15H14Cl2N2O/c16-13-3-1-2-11(15(13)17)9-19-12-6-4-10(5-7-12)8-14(18)20/h1-7,19H,8-9H2,(H2,18,20). The topological polar surface area (TPSA) is 55.1 Å². The third kappa shape index (κ3) is 3.89. The highest BCUT2D eigenvalue weighted by atomic mass is 35.5. The molecule has 2 aromatic rings. The number of hydrogen-bond donors (Lipinski definition) is 2. The maximum atomic E-state index is 10.8. The van der Waals surface area contributed by atoms with E-state index in [1.54, 1.807) is 6.07 Å². The Morgan fingerprint density at radius 3 is 2.45 bits per heavy atom. The molecule has 0 aromatic heterocycles. The predicted octanol–water partition coefficient (Wildman–Crippen LogP) is 3.63. The van der Waals surface area contributed by atoms with E-state index in [-0.39, 0.29) is 12.3 Å². The third-order valence-corrected chi connectivity index (χ3v) is 3.70. The summed E-state index contributed by atoms with van der Waals surface area (Å²) in [6, 6.07) is 13.1. The Bertz CT molecular complexity index is 612. The highest BCUT2D eigenvalue weighted by Crippen LogP contribution is 2.26. The van der Waals surface area contributed by atoms with E-state index in [1.165, 1.54) is 0 Å². The Morgan fingerprint density at radius 2 is 1.80 bits per heavy atom. The van der Waals surface area contributed by atoms with Crippen molar-refractivity contribution >= 4 is 34.8 Å². The molecule has 2 rings (SSSR count). The minimum absolute atomic E-state index is 0.250. The number of rotatable bonds is 5. The molecule has 0 aliphatic carbocycles. The monoisotopic (exact) mass is 308 g/mol. The molecule has 3 N–H and O–H groups in total. The Morgan fingerprint density at radius 1 is 1.10 bits per heavy atom. The molecular weight excluding hydrogens is 295 g/mol. The second kappa shape index (κ2) is 6.64. The van der Waals surface area contributed by atoms with Crippen LogP contribution in [0.2, 0.25) is 10.0 Å². The number of nitrogens with two attached hydrogens (primary N) is 1. The summed E-state index contributed by atoms with van der Waals surface area (Å²) < 4.78 is 0. The van der Waals surface area contributed by atoms with Gasteiger partial charge in [-0.1, -0.05) is 47.5 Å². The van der Waals surface area contributed by atoms with Gasteiger partial charge in [0.1, 0.15) is 0 Å². The molecule has 2 aromatic carbocycles. The van der Waals surface area contributed by atoms with Gasteiger partial charge in [0.15, 0.2) is 0 Å². The minimum Gasteiger partial charge on any atom is -0.381 e. The van der Waals surface area contributed by atoms with Crippen molar-refractivity contribution in [3.05, 3.63) is 63.6 Å². The average Bonchev–Trinajstić information content (AvgIpc) is 2.41. The molecule has 0 spiro atoms. The van der Waals surface area contributed by atoms with Gasteiger partial charge in [-0.05, 0) is 29.3 Å². The number of primary amides is 1. The summed E-state index contributed by atoms with van der Waals surface area (Å²) in [6.45, 7) is 0.578. The normalized spacial score (nSPS) is 10.3. The van der Waals surface area contributed by atoms with Crippen LogP contribution in [0.25, 0.3) is 0 Å². The van der Waals surface area contributed by atoms with Gasteiger partial charge in [0.2, 0.25) is 5.91 Å². The SMILES string of the molecule is NC(=O)Cc1ccc(NCc2cccc(Cl)c2Cl)cc1. The lowest BCUT2D eigenvalue weighted by molar-refractivity contribution is -0.117. The zero-order chi connectivity index (χ0) is 14.5. The number of halogens is 2. The molecule has 0 saturated carbocycles. The van der Waals surface area contributed by atoms with Crippen LogP contribution in [0.5, 0.6) is 0 Å². The van der Waals surface area contributed by atoms with E-state index in [0.29, 0.717) is 16.6 Å². The fourth-order valence-electron chi connectivity index (χ4n) is 1.82. The first-order chi connectivity index (χ1) is 9.56. The number of hydrogen-bond acceptors (Lipinski definition) is 2. The summed E-state index contributed by atoms with van der Waals surface area (Å²) in [5.41, 5.74) is 7.91. The number of carbonyl (C=O) groups is 1. The van der Waals surface area contributed by atoms with Crippen LogP contribution in [-0.4, -0.2) is 5.91 Å². The van der Waals surface area contributed by atoms with Crippen molar-refractivity contribution in [3.8, 4) is 0 Å². The fraction of sp³-hybridized carbons (Fsp3) is 0.133. The summed E-state index contributed by atoms with van der Waals surface area (Å²) >= 11 is 12.1. The van der Waals surface area contributed by atoms with Crippen LogP contribution in [0.4, 0.5) is 5.69 Å². The maximum Gasteiger partial charge on any atom is 0.221 e. The van der Waals surface area contributed by atoms with Gasteiger partial charge < -0.3 is 11.1 Å². The molecule has 0 aliphatic heterocycles. The van der Waals surface area contributed by atoms with E-state index in [0.717, 1.165) is 16.8 Å². The van der Waals surface area contributed by atoms with Crippen molar-refractivity contribution in [1.82, 2.24) is 0 Å². The summed E-state index contributed by atoms with van der Waals surface area (Å²) in [4.78, 5) is 10.8. The zero-order valence-electron chi connectivity index (χ0n) is 10.7. The lowest BCUT2D eigenvalue weighted by atomic mass is 10.1. The smallest absolute Gasteiger partial charge is 0.221 e. The maximum absolute atomic E-state index is 10.8. The van der Waals surface area contributed by atoms with Crippen LogP contribution in [0, 0.1) is 0 Å². The molecule has 0 saturated heterocycles. The first kappa shape index (κ1) is 14.7. The summed E-state index contributed by atoms with van der Waals surface area (Å²) in [6.07, 6.45) is 0.250. The van der Waals surface area contributed by atoms with Gasteiger partial charge in [-0.2, -0.15) is 0 Å². The number of nitrogens with one attached hydrogen (secondary N) is 1. The van der Waals surface area contributed by atoms with Crippen LogP contribution in [-0.2, 0) is 17.8 Å². The van der Waals surface area contributed by atoms with Crippen molar-refractivity contribution in [2.75, 3.05) is 5.32 Å². The van der Waals surface area contributed by atoms with Gasteiger partial charge in [0, 0.05) is 12.2 Å². The second-order valence-corrected chi connectivity index (χ2v) is 5.19. The van der Waals surface area contributed by atoms with Crippen molar-refractivity contribution in [3.63, 3.8) is 0 Å². The molecule has 0 heterocycles. The molecule has 0 bridgehead atoms. The Kier molecular flexibility index (Phi) is 4.88. The number of benzene rings is 2. The zero-order valence-corrected chi connectivity index (χ0v) is 12.2. The first-order valence-corrected chi connectivity index (χ1v) is 6.86. The summed E-state index contributed by atoms with van der Waals surface area (Å²) in [5.74, 6) is -0.337. The van der Waals surface area contributed by atoms with Gasteiger partial charge in [0.05, 0.1) is 16.5 Å². The van der Waals surface area contributed by atoms with Crippen LogP contribution in [0.1, 0.15) is 11.1 Å². The average molecular weight is 309 g/mol. The van der Waals surface area contributed by atoms with Gasteiger partial charge in [-0.25, -0.2) is 0 Å². The Balaban J connectivity index is 2.00. The van der Waals surface area contributed by atoms with E-state index >= 15 is 0 Å². The van der Waals surface area contributed by atoms with Crippen molar-refractivity contribution in [1.29, 1.82) is 0 Å². The Hall–Kier alpha value is -1.71. The highest BCUT2D eigenvalue weighted by Gasteiger charge is 2.04. The van der Waals surface area contributed by atoms with E-state index in [4.69, 9.17) is 28.9 Å². The summed E-state index contributed by atoms with van der Waals surface area (Å²) in [7, 11) is 0. The largest absolute Gasteiger partial charge is 0.381 e.